The van der Waals surface area contributed by atoms with Crippen LogP contribution < -0.4 is 15.0 Å². The predicted molar refractivity (Wildman–Crippen MR) is 73.9 cm³/mol. The number of carbonyl (C=O) groups excluding carboxylic acids is 2. The number of nitrogens with one attached hydrogen (secondary N) is 1. The zero-order valence-corrected chi connectivity index (χ0v) is 11.4. The molecule has 0 unspecified atom stereocenters. The number of anilines is 2. The third-order valence-electron chi connectivity index (χ3n) is 2.75. The molecule has 1 aromatic carbocycles. The van der Waals surface area contributed by atoms with E-state index >= 15 is 0 Å². The zero-order valence-electron chi connectivity index (χ0n) is 10.6. The van der Waals surface area contributed by atoms with Gasteiger partial charge in [-0.1, -0.05) is 6.92 Å². The minimum absolute atomic E-state index is 0.0559. The average molecular weight is 283 g/mol. The SMILES string of the molecule is CCCN1C(=O)COc2ccc(NC(=O)CCl)cc21. The van der Waals surface area contributed by atoms with Crippen molar-refractivity contribution in [2.24, 2.45) is 0 Å². The maximum Gasteiger partial charge on any atom is 0.265 e. The highest BCUT2D eigenvalue weighted by Crippen LogP contribution is 2.34. The van der Waals surface area contributed by atoms with Crippen LogP contribution in [0.25, 0.3) is 0 Å². The first-order valence-corrected chi connectivity index (χ1v) is 6.62. The number of carbonyl (C=O) groups is 2. The maximum atomic E-state index is 11.8. The molecule has 0 aliphatic carbocycles. The molecule has 0 bridgehead atoms. The molecule has 0 spiro atoms. The first-order chi connectivity index (χ1) is 9.15. The number of hydrogen-bond acceptors (Lipinski definition) is 3. The largest absolute Gasteiger partial charge is 0.482 e. The Morgan fingerprint density at radius 3 is 3.00 bits per heavy atom. The third kappa shape index (κ3) is 2.98. The number of halogens is 1. The van der Waals surface area contributed by atoms with Crippen LogP contribution in [0.1, 0.15) is 13.3 Å². The minimum Gasteiger partial charge on any atom is -0.482 e. The molecule has 0 radical (unpaired) electrons. The van der Waals surface area contributed by atoms with E-state index in [1.807, 2.05) is 6.92 Å². The Kier molecular flexibility index (Phi) is 4.27. The Bertz CT molecular complexity index is 505. The van der Waals surface area contributed by atoms with E-state index in [-0.39, 0.29) is 24.3 Å². The Balaban J connectivity index is 2.30. The van der Waals surface area contributed by atoms with Crippen molar-refractivity contribution in [2.45, 2.75) is 13.3 Å². The van der Waals surface area contributed by atoms with Gasteiger partial charge in [-0.25, -0.2) is 0 Å². The van der Waals surface area contributed by atoms with Crippen LogP contribution in [-0.4, -0.2) is 30.8 Å². The van der Waals surface area contributed by atoms with Gasteiger partial charge >= 0.3 is 0 Å². The summed E-state index contributed by atoms with van der Waals surface area (Å²) < 4.78 is 5.37. The monoisotopic (exact) mass is 282 g/mol. The van der Waals surface area contributed by atoms with Crippen LogP contribution in [-0.2, 0) is 9.59 Å². The van der Waals surface area contributed by atoms with Crippen molar-refractivity contribution < 1.29 is 14.3 Å². The van der Waals surface area contributed by atoms with Crippen LogP contribution in [0.2, 0.25) is 0 Å². The number of rotatable bonds is 4. The average Bonchev–Trinajstić information content (AvgIpc) is 2.42. The fraction of sp³-hybridized carbons (Fsp3) is 0.385. The number of nitrogens with zero attached hydrogens (tertiary/aromatic N) is 1. The van der Waals surface area contributed by atoms with Gasteiger partial charge < -0.3 is 15.0 Å². The van der Waals surface area contributed by atoms with E-state index in [2.05, 4.69) is 5.32 Å². The molecule has 2 rings (SSSR count). The van der Waals surface area contributed by atoms with Gasteiger partial charge in [-0.3, -0.25) is 9.59 Å². The molecular formula is C13H15ClN2O3. The van der Waals surface area contributed by atoms with Crippen molar-refractivity contribution in [3.05, 3.63) is 18.2 Å². The molecule has 102 valence electrons. The Morgan fingerprint density at radius 1 is 1.53 bits per heavy atom. The van der Waals surface area contributed by atoms with Crippen molar-refractivity contribution in [1.82, 2.24) is 0 Å². The highest BCUT2D eigenvalue weighted by atomic mass is 35.5. The summed E-state index contributed by atoms with van der Waals surface area (Å²) in [7, 11) is 0. The van der Waals surface area contributed by atoms with Gasteiger partial charge in [0.05, 0.1) is 5.69 Å². The lowest BCUT2D eigenvalue weighted by Gasteiger charge is -2.29. The summed E-state index contributed by atoms with van der Waals surface area (Å²) in [6, 6.07) is 5.20. The van der Waals surface area contributed by atoms with Crippen LogP contribution in [0.3, 0.4) is 0 Å². The molecule has 2 amide bonds. The zero-order chi connectivity index (χ0) is 13.8. The molecule has 5 nitrogen and oxygen atoms in total. The Hall–Kier alpha value is -1.75. The van der Waals surface area contributed by atoms with E-state index in [4.69, 9.17) is 16.3 Å². The van der Waals surface area contributed by atoms with Crippen LogP contribution in [0.5, 0.6) is 5.75 Å². The standard InChI is InChI=1S/C13H15ClN2O3/c1-2-5-16-10-6-9(15-12(17)7-14)3-4-11(10)19-8-13(16)18/h3-4,6H,2,5,7-8H2,1H3,(H,15,17). The Morgan fingerprint density at radius 2 is 2.32 bits per heavy atom. The molecule has 6 heteroatoms. The van der Waals surface area contributed by atoms with Crippen LogP contribution in [0.4, 0.5) is 11.4 Å². The van der Waals surface area contributed by atoms with E-state index in [0.717, 1.165) is 6.42 Å². The van der Waals surface area contributed by atoms with Crippen molar-refractivity contribution in [2.75, 3.05) is 29.2 Å². The molecule has 0 fully saturated rings. The van der Waals surface area contributed by atoms with Gasteiger partial charge in [0.15, 0.2) is 6.61 Å². The lowest BCUT2D eigenvalue weighted by Crippen LogP contribution is -2.39. The molecule has 1 N–H and O–H groups in total. The molecule has 0 saturated heterocycles. The lowest BCUT2D eigenvalue weighted by atomic mass is 10.2. The number of fused-ring (bicyclic) bond motifs is 1. The topological polar surface area (TPSA) is 58.6 Å². The fourth-order valence-electron chi connectivity index (χ4n) is 1.94. The van der Waals surface area contributed by atoms with Crippen LogP contribution in [0, 0.1) is 0 Å². The third-order valence-corrected chi connectivity index (χ3v) is 3.00. The van der Waals surface area contributed by atoms with Gasteiger partial charge in [-0.2, -0.15) is 0 Å². The molecule has 0 aromatic heterocycles. The van der Waals surface area contributed by atoms with Crippen molar-refractivity contribution in [3.8, 4) is 5.75 Å². The second-order valence-corrected chi connectivity index (χ2v) is 4.47. The number of benzene rings is 1. The van der Waals surface area contributed by atoms with Gasteiger partial charge in [0, 0.05) is 12.2 Å². The van der Waals surface area contributed by atoms with Gasteiger partial charge in [-0.05, 0) is 24.6 Å². The second kappa shape index (κ2) is 5.93. The van der Waals surface area contributed by atoms with Crippen LogP contribution >= 0.6 is 11.6 Å². The van der Waals surface area contributed by atoms with E-state index < -0.39 is 0 Å². The summed E-state index contributed by atoms with van der Waals surface area (Å²) in [5, 5.41) is 2.65. The van der Waals surface area contributed by atoms with E-state index in [9.17, 15) is 9.59 Å². The van der Waals surface area contributed by atoms with Gasteiger partial charge in [-0.15, -0.1) is 11.6 Å². The van der Waals surface area contributed by atoms with Gasteiger partial charge in [0.1, 0.15) is 11.6 Å². The molecule has 1 aromatic rings. The summed E-state index contributed by atoms with van der Waals surface area (Å²) in [5.74, 6) is 0.185. The Labute approximate surface area is 116 Å². The smallest absolute Gasteiger partial charge is 0.265 e. The number of alkyl halides is 1. The predicted octanol–water partition coefficient (Wildman–Crippen LogP) is 2.00. The normalized spacial score (nSPS) is 13.8. The lowest BCUT2D eigenvalue weighted by molar-refractivity contribution is -0.121. The summed E-state index contributed by atoms with van der Waals surface area (Å²) in [6.45, 7) is 2.68. The molecule has 0 atom stereocenters. The fourth-order valence-corrected chi connectivity index (χ4v) is 2.01. The van der Waals surface area contributed by atoms with E-state index in [1.165, 1.54) is 0 Å². The van der Waals surface area contributed by atoms with E-state index in [0.29, 0.717) is 23.7 Å². The van der Waals surface area contributed by atoms with Crippen molar-refractivity contribution in [1.29, 1.82) is 0 Å². The number of ether oxygens (including phenoxy) is 1. The quantitative estimate of drug-likeness (QED) is 0.859. The second-order valence-electron chi connectivity index (χ2n) is 4.20. The maximum absolute atomic E-state index is 11.8. The first kappa shape index (κ1) is 13.7. The number of hydrogen-bond donors (Lipinski definition) is 1. The molecule has 1 aliphatic rings. The first-order valence-electron chi connectivity index (χ1n) is 6.08. The molecule has 19 heavy (non-hydrogen) atoms. The molecule has 1 heterocycles. The van der Waals surface area contributed by atoms with E-state index in [1.54, 1.807) is 23.1 Å². The van der Waals surface area contributed by atoms with Crippen molar-refractivity contribution in [3.63, 3.8) is 0 Å². The van der Waals surface area contributed by atoms with Crippen LogP contribution in [0.15, 0.2) is 18.2 Å². The van der Waals surface area contributed by atoms with Gasteiger partial charge in [0.2, 0.25) is 5.91 Å². The summed E-state index contributed by atoms with van der Waals surface area (Å²) in [6.07, 6.45) is 0.851. The summed E-state index contributed by atoms with van der Waals surface area (Å²) in [4.78, 5) is 24.8. The highest BCUT2D eigenvalue weighted by molar-refractivity contribution is 6.29. The summed E-state index contributed by atoms with van der Waals surface area (Å²) >= 11 is 5.45. The molecular weight excluding hydrogens is 268 g/mol. The van der Waals surface area contributed by atoms with Crippen molar-refractivity contribution >= 4 is 34.8 Å². The summed E-state index contributed by atoms with van der Waals surface area (Å²) in [5.41, 5.74) is 1.29. The highest BCUT2D eigenvalue weighted by Gasteiger charge is 2.25. The minimum atomic E-state index is -0.285. The molecule has 1 aliphatic heterocycles. The number of amides is 2. The molecule has 0 saturated carbocycles. The van der Waals surface area contributed by atoms with Gasteiger partial charge in [0.25, 0.3) is 5.91 Å².